The van der Waals surface area contributed by atoms with E-state index in [9.17, 15) is 4.39 Å². The van der Waals surface area contributed by atoms with Crippen molar-refractivity contribution in [2.24, 2.45) is 0 Å². The van der Waals surface area contributed by atoms with Crippen molar-refractivity contribution in [3.05, 3.63) is 53.1 Å². The average Bonchev–Trinajstić information content (AvgIpc) is 2.64. The Labute approximate surface area is 85.9 Å². The standard InChI is InChI=1S/C10H7ClFN2/c11-9-3-2-8(6-10(9)12)7-14-5-1-4-13-14/h2-6H,7H2. The molecule has 0 aliphatic rings. The minimum absolute atomic E-state index is 0.140. The van der Waals surface area contributed by atoms with Crippen LogP contribution in [0.2, 0.25) is 5.02 Å². The van der Waals surface area contributed by atoms with Crippen LogP contribution < -0.4 is 0 Å². The van der Waals surface area contributed by atoms with Crippen molar-refractivity contribution in [2.75, 3.05) is 0 Å². The Morgan fingerprint density at radius 2 is 2.36 bits per heavy atom. The minimum atomic E-state index is -0.402. The Kier molecular flexibility index (Phi) is 2.50. The van der Waals surface area contributed by atoms with Crippen LogP contribution in [0.3, 0.4) is 0 Å². The lowest BCUT2D eigenvalue weighted by molar-refractivity contribution is 0.619. The molecule has 0 amide bonds. The van der Waals surface area contributed by atoms with E-state index in [0.29, 0.717) is 6.54 Å². The molecular formula is C10H7ClFN2. The Bertz CT molecular complexity index is 426. The summed E-state index contributed by atoms with van der Waals surface area (Å²) in [6.45, 7) is 0.525. The van der Waals surface area contributed by atoms with Gasteiger partial charge in [0.05, 0.1) is 17.8 Å². The summed E-state index contributed by atoms with van der Waals surface area (Å²) in [6, 6.07) is 7.53. The first kappa shape index (κ1) is 9.21. The van der Waals surface area contributed by atoms with Gasteiger partial charge in [0.2, 0.25) is 0 Å². The topological polar surface area (TPSA) is 17.8 Å². The zero-order chi connectivity index (χ0) is 9.97. The van der Waals surface area contributed by atoms with E-state index in [0.717, 1.165) is 5.56 Å². The Morgan fingerprint density at radius 1 is 1.50 bits per heavy atom. The lowest BCUT2D eigenvalue weighted by Crippen LogP contribution is -2.00. The molecule has 1 aromatic heterocycles. The number of aromatic nitrogens is 2. The van der Waals surface area contributed by atoms with Gasteiger partial charge in [-0.1, -0.05) is 17.7 Å². The van der Waals surface area contributed by atoms with E-state index in [1.54, 1.807) is 29.2 Å². The summed E-state index contributed by atoms with van der Waals surface area (Å²) in [4.78, 5) is 0. The van der Waals surface area contributed by atoms with Crippen LogP contribution >= 0.6 is 11.6 Å². The molecule has 0 bridgehead atoms. The van der Waals surface area contributed by atoms with Gasteiger partial charge in [-0.05, 0) is 17.7 Å². The first-order chi connectivity index (χ1) is 6.75. The van der Waals surface area contributed by atoms with Crippen LogP contribution in [0, 0.1) is 11.9 Å². The fourth-order valence-corrected chi connectivity index (χ4v) is 1.29. The molecule has 0 fully saturated rings. The Balaban J connectivity index is 2.22. The van der Waals surface area contributed by atoms with E-state index in [4.69, 9.17) is 11.6 Å². The molecule has 4 heteroatoms. The molecule has 2 nitrogen and oxygen atoms in total. The summed E-state index contributed by atoms with van der Waals surface area (Å²) < 4.78 is 14.7. The monoisotopic (exact) mass is 209 g/mol. The predicted molar refractivity (Wildman–Crippen MR) is 51.6 cm³/mol. The molecule has 2 aromatic rings. The molecule has 1 heterocycles. The van der Waals surface area contributed by atoms with Crippen LogP contribution in [0.15, 0.2) is 30.6 Å². The predicted octanol–water partition coefficient (Wildman–Crippen LogP) is 2.52. The van der Waals surface area contributed by atoms with E-state index < -0.39 is 5.82 Å². The third-order valence-electron chi connectivity index (χ3n) is 1.83. The zero-order valence-corrected chi connectivity index (χ0v) is 8.00. The Morgan fingerprint density at radius 3 is 3.00 bits per heavy atom. The largest absolute Gasteiger partial charge is 0.268 e. The van der Waals surface area contributed by atoms with Crippen molar-refractivity contribution >= 4 is 11.6 Å². The third-order valence-corrected chi connectivity index (χ3v) is 2.14. The van der Waals surface area contributed by atoms with Gasteiger partial charge in [-0.3, -0.25) is 4.68 Å². The van der Waals surface area contributed by atoms with Crippen molar-refractivity contribution in [3.8, 4) is 0 Å². The Hall–Kier alpha value is -1.35. The normalized spacial score (nSPS) is 10.4. The number of hydrogen-bond donors (Lipinski definition) is 0. The molecule has 14 heavy (non-hydrogen) atoms. The lowest BCUT2D eigenvalue weighted by Gasteiger charge is -2.02. The van der Waals surface area contributed by atoms with Gasteiger partial charge in [-0.15, -0.1) is 0 Å². The summed E-state index contributed by atoms with van der Waals surface area (Å²) >= 11 is 5.56. The maximum atomic E-state index is 13.0. The molecule has 0 N–H and O–H groups in total. The maximum absolute atomic E-state index is 13.0. The van der Waals surface area contributed by atoms with Crippen LogP contribution in [0.25, 0.3) is 0 Å². The van der Waals surface area contributed by atoms with E-state index in [2.05, 4.69) is 11.2 Å². The molecule has 0 spiro atoms. The van der Waals surface area contributed by atoms with Crippen molar-refractivity contribution in [3.63, 3.8) is 0 Å². The highest BCUT2D eigenvalue weighted by molar-refractivity contribution is 6.30. The fourth-order valence-electron chi connectivity index (χ4n) is 1.17. The molecule has 1 aromatic carbocycles. The minimum Gasteiger partial charge on any atom is -0.268 e. The fraction of sp³-hybridized carbons (Fsp3) is 0.100. The highest BCUT2D eigenvalue weighted by Gasteiger charge is 2.01. The highest BCUT2D eigenvalue weighted by Crippen LogP contribution is 2.15. The summed E-state index contributed by atoms with van der Waals surface area (Å²) in [7, 11) is 0. The SMILES string of the molecule is Fc1cc(Cn2c[c]cn2)ccc1Cl. The number of nitrogens with zero attached hydrogens (tertiary/aromatic N) is 2. The van der Waals surface area contributed by atoms with E-state index in [1.165, 1.54) is 6.07 Å². The molecule has 0 unspecified atom stereocenters. The van der Waals surface area contributed by atoms with Crippen LogP contribution in [0.1, 0.15) is 5.56 Å². The number of rotatable bonds is 2. The van der Waals surface area contributed by atoms with Gasteiger partial charge in [-0.2, -0.15) is 5.10 Å². The molecule has 0 aliphatic carbocycles. The van der Waals surface area contributed by atoms with Gasteiger partial charge in [0, 0.05) is 12.3 Å². The first-order valence-corrected chi connectivity index (χ1v) is 4.46. The molecule has 0 saturated carbocycles. The second kappa shape index (κ2) is 3.80. The summed E-state index contributed by atoms with van der Waals surface area (Å²) in [6.07, 6.45) is 3.26. The molecule has 71 valence electrons. The van der Waals surface area contributed by atoms with Gasteiger partial charge in [0.1, 0.15) is 5.82 Å². The smallest absolute Gasteiger partial charge is 0.142 e. The maximum Gasteiger partial charge on any atom is 0.142 e. The van der Waals surface area contributed by atoms with Crippen LogP contribution in [-0.4, -0.2) is 9.78 Å². The highest BCUT2D eigenvalue weighted by atomic mass is 35.5. The second-order valence-electron chi connectivity index (χ2n) is 2.89. The molecular weight excluding hydrogens is 203 g/mol. The van der Waals surface area contributed by atoms with Crippen molar-refractivity contribution in [2.45, 2.75) is 6.54 Å². The van der Waals surface area contributed by atoms with E-state index in [1.807, 2.05) is 0 Å². The lowest BCUT2D eigenvalue weighted by atomic mass is 10.2. The summed E-state index contributed by atoms with van der Waals surface area (Å²) in [5.41, 5.74) is 0.823. The number of halogens is 2. The zero-order valence-electron chi connectivity index (χ0n) is 7.24. The van der Waals surface area contributed by atoms with Crippen LogP contribution in [-0.2, 0) is 6.54 Å². The average molecular weight is 210 g/mol. The first-order valence-electron chi connectivity index (χ1n) is 4.08. The number of benzene rings is 1. The second-order valence-corrected chi connectivity index (χ2v) is 3.29. The third kappa shape index (κ3) is 1.93. The van der Waals surface area contributed by atoms with E-state index in [-0.39, 0.29) is 5.02 Å². The van der Waals surface area contributed by atoms with Crippen molar-refractivity contribution in [1.82, 2.24) is 9.78 Å². The van der Waals surface area contributed by atoms with Gasteiger partial charge < -0.3 is 0 Å². The molecule has 1 radical (unpaired) electrons. The van der Waals surface area contributed by atoms with E-state index >= 15 is 0 Å². The van der Waals surface area contributed by atoms with Gasteiger partial charge in [0.25, 0.3) is 0 Å². The quantitative estimate of drug-likeness (QED) is 0.743. The molecule has 0 aliphatic heterocycles. The summed E-state index contributed by atoms with van der Waals surface area (Å²) in [5.74, 6) is -0.402. The number of hydrogen-bond acceptors (Lipinski definition) is 1. The molecule has 0 atom stereocenters. The van der Waals surface area contributed by atoms with Gasteiger partial charge in [-0.25, -0.2) is 4.39 Å². The molecule has 0 saturated heterocycles. The van der Waals surface area contributed by atoms with Crippen LogP contribution in [0.5, 0.6) is 0 Å². The summed E-state index contributed by atoms with van der Waals surface area (Å²) in [5, 5.41) is 4.11. The van der Waals surface area contributed by atoms with Gasteiger partial charge in [0.15, 0.2) is 0 Å². The van der Waals surface area contributed by atoms with Gasteiger partial charge >= 0.3 is 0 Å². The molecule has 2 rings (SSSR count). The van der Waals surface area contributed by atoms with Crippen molar-refractivity contribution in [1.29, 1.82) is 0 Å². The van der Waals surface area contributed by atoms with Crippen molar-refractivity contribution < 1.29 is 4.39 Å². The van der Waals surface area contributed by atoms with Crippen LogP contribution in [0.4, 0.5) is 4.39 Å².